The normalized spacial score (nSPS) is 11.1. The summed E-state index contributed by atoms with van der Waals surface area (Å²) in [7, 11) is 0. The first-order valence-electron chi connectivity index (χ1n) is 17.3. The van der Waals surface area contributed by atoms with E-state index in [0.717, 1.165) is 71.6 Å². The minimum absolute atomic E-state index is 0.617. The number of hydrogen-bond donors (Lipinski definition) is 0. The molecule has 8 aromatic carbocycles. The van der Waals surface area contributed by atoms with E-state index in [0.29, 0.717) is 23.0 Å². The Bertz CT molecular complexity index is 2730. The Morgan fingerprint density at radius 3 is 1.29 bits per heavy atom. The molecular formula is C48H30N4. The molecule has 0 spiro atoms. The van der Waals surface area contributed by atoms with Gasteiger partial charge >= 0.3 is 0 Å². The van der Waals surface area contributed by atoms with E-state index in [2.05, 4.69) is 109 Å². The van der Waals surface area contributed by atoms with Gasteiger partial charge in [-0.1, -0.05) is 170 Å². The lowest BCUT2D eigenvalue weighted by molar-refractivity contribution is 1.07. The van der Waals surface area contributed by atoms with Gasteiger partial charge in [0.15, 0.2) is 17.5 Å². The Morgan fingerprint density at radius 2 is 0.769 bits per heavy atom. The van der Waals surface area contributed by atoms with Crippen LogP contribution in [-0.2, 0) is 0 Å². The molecule has 0 unspecified atom stereocenters. The first-order valence-corrected chi connectivity index (χ1v) is 17.3. The molecular weight excluding hydrogens is 633 g/mol. The standard InChI is InChI=1S/C48H30N4/c49-31-32-12-11-19-39(30-32)45-41-21-10-8-14-34(41)27-29-43(45)42-28-26-33-13-7-9-20-40(33)44(42)35-22-24-38(25-23-35)48-51-46(36-15-3-1-4-16-36)50-47(52-48)37-17-5-2-6-18-37/h1-30H. The van der Waals surface area contributed by atoms with Crippen molar-refractivity contribution in [3.63, 3.8) is 0 Å². The molecule has 0 atom stereocenters. The van der Waals surface area contributed by atoms with Crippen LogP contribution >= 0.6 is 0 Å². The molecule has 0 N–H and O–H groups in total. The fraction of sp³-hybridized carbons (Fsp3) is 0. The van der Waals surface area contributed by atoms with Crippen LogP contribution in [0, 0.1) is 11.3 Å². The monoisotopic (exact) mass is 662 g/mol. The smallest absolute Gasteiger partial charge is 0.164 e. The number of rotatable bonds is 6. The maximum Gasteiger partial charge on any atom is 0.164 e. The van der Waals surface area contributed by atoms with Gasteiger partial charge in [-0.05, 0) is 67.1 Å². The van der Waals surface area contributed by atoms with Gasteiger partial charge in [0.25, 0.3) is 0 Å². The van der Waals surface area contributed by atoms with Crippen LogP contribution in [0.25, 0.3) is 89.1 Å². The lowest BCUT2D eigenvalue weighted by Gasteiger charge is -2.19. The molecule has 0 aliphatic carbocycles. The van der Waals surface area contributed by atoms with Crippen molar-refractivity contribution in [3.05, 3.63) is 188 Å². The second kappa shape index (κ2) is 13.2. The summed E-state index contributed by atoms with van der Waals surface area (Å²) >= 11 is 0. The van der Waals surface area contributed by atoms with Gasteiger partial charge in [0, 0.05) is 16.7 Å². The molecule has 0 saturated carbocycles. The fourth-order valence-electron chi connectivity index (χ4n) is 7.08. The molecule has 4 heteroatoms. The highest BCUT2D eigenvalue weighted by molar-refractivity contribution is 6.10. The van der Waals surface area contributed by atoms with E-state index in [1.165, 1.54) is 0 Å². The summed E-state index contributed by atoms with van der Waals surface area (Å²) in [6, 6.07) is 64.7. The zero-order chi connectivity index (χ0) is 34.9. The predicted molar refractivity (Wildman–Crippen MR) is 212 cm³/mol. The van der Waals surface area contributed by atoms with Gasteiger partial charge < -0.3 is 0 Å². The van der Waals surface area contributed by atoms with E-state index < -0.39 is 0 Å². The molecule has 1 heterocycles. The molecule has 52 heavy (non-hydrogen) atoms. The lowest BCUT2D eigenvalue weighted by atomic mass is 9.84. The van der Waals surface area contributed by atoms with Gasteiger partial charge in [0.2, 0.25) is 0 Å². The number of nitrogens with zero attached hydrogens (tertiary/aromatic N) is 4. The third-order valence-electron chi connectivity index (χ3n) is 9.56. The van der Waals surface area contributed by atoms with Crippen LogP contribution in [0.15, 0.2) is 182 Å². The summed E-state index contributed by atoms with van der Waals surface area (Å²) in [5.74, 6) is 1.88. The summed E-state index contributed by atoms with van der Waals surface area (Å²) < 4.78 is 0. The van der Waals surface area contributed by atoms with Crippen LogP contribution in [0.3, 0.4) is 0 Å². The SMILES string of the molecule is N#Cc1cccc(-c2c(-c3ccc4ccccc4c3-c3ccc(-c4nc(-c5ccccc5)nc(-c5ccccc5)n4)cc3)ccc3ccccc23)c1. The van der Waals surface area contributed by atoms with Crippen molar-refractivity contribution in [1.29, 1.82) is 5.26 Å². The number of nitriles is 1. The van der Waals surface area contributed by atoms with Crippen LogP contribution in [0.1, 0.15) is 5.56 Å². The van der Waals surface area contributed by atoms with E-state index in [-0.39, 0.29) is 0 Å². The van der Waals surface area contributed by atoms with Gasteiger partial charge in [-0.25, -0.2) is 15.0 Å². The molecule has 0 fully saturated rings. The van der Waals surface area contributed by atoms with E-state index in [1.807, 2.05) is 78.9 Å². The van der Waals surface area contributed by atoms with Crippen molar-refractivity contribution >= 4 is 21.5 Å². The van der Waals surface area contributed by atoms with Crippen molar-refractivity contribution in [1.82, 2.24) is 15.0 Å². The van der Waals surface area contributed by atoms with E-state index in [9.17, 15) is 5.26 Å². The fourth-order valence-corrected chi connectivity index (χ4v) is 7.08. The van der Waals surface area contributed by atoms with Crippen molar-refractivity contribution in [2.75, 3.05) is 0 Å². The Kier molecular flexibility index (Phi) is 7.85. The third kappa shape index (κ3) is 5.67. The minimum atomic E-state index is 0.617. The van der Waals surface area contributed by atoms with E-state index in [1.54, 1.807) is 0 Å². The molecule has 0 amide bonds. The van der Waals surface area contributed by atoms with E-state index in [4.69, 9.17) is 15.0 Å². The molecule has 0 aliphatic rings. The first-order chi connectivity index (χ1) is 25.7. The Hall–Kier alpha value is -7.22. The number of fused-ring (bicyclic) bond motifs is 2. The summed E-state index contributed by atoms with van der Waals surface area (Å²) in [5, 5.41) is 14.4. The summed E-state index contributed by atoms with van der Waals surface area (Å²) in [6.45, 7) is 0. The number of benzene rings is 8. The van der Waals surface area contributed by atoms with Gasteiger partial charge in [0.1, 0.15) is 0 Å². The van der Waals surface area contributed by atoms with Crippen LogP contribution in [0.4, 0.5) is 0 Å². The molecule has 4 nitrogen and oxygen atoms in total. The molecule has 1 aromatic heterocycles. The van der Waals surface area contributed by atoms with Crippen molar-refractivity contribution < 1.29 is 0 Å². The van der Waals surface area contributed by atoms with Crippen molar-refractivity contribution in [3.8, 4) is 73.6 Å². The average Bonchev–Trinajstić information content (AvgIpc) is 3.23. The van der Waals surface area contributed by atoms with Crippen molar-refractivity contribution in [2.24, 2.45) is 0 Å². The topological polar surface area (TPSA) is 62.5 Å². The summed E-state index contributed by atoms with van der Waals surface area (Å²) in [6.07, 6.45) is 0. The average molecular weight is 663 g/mol. The van der Waals surface area contributed by atoms with Gasteiger partial charge in [-0.15, -0.1) is 0 Å². The highest BCUT2D eigenvalue weighted by Gasteiger charge is 2.19. The number of aromatic nitrogens is 3. The third-order valence-corrected chi connectivity index (χ3v) is 9.56. The predicted octanol–water partition coefficient (Wildman–Crippen LogP) is 12.1. The summed E-state index contributed by atoms with van der Waals surface area (Å²) in [4.78, 5) is 14.8. The number of hydrogen-bond acceptors (Lipinski definition) is 4. The highest BCUT2D eigenvalue weighted by Crippen LogP contribution is 2.45. The van der Waals surface area contributed by atoms with Crippen LogP contribution in [0.5, 0.6) is 0 Å². The molecule has 0 aliphatic heterocycles. The van der Waals surface area contributed by atoms with Gasteiger partial charge in [0.05, 0.1) is 11.6 Å². The molecule has 9 aromatic rings. The first kappa shape index (κ1) is 30.8. The van der Waals surface area contributed by atoms with Crippen LogP contribution in [0.2, 0.25) is 0 Å². The Morgan fingerprint density at radius 1 is 0.346 bits per heavy atom. The second-order valence-corrected chi connectivity index (χ2v) is 12.7. The Balaban J connectivity index is 1.23. The van der Waals surface area contributed by atoms with E-state index >= 15 is 0 Å². The highest BCUT2D eigenvalue weighted by atomic mass is 15.0. The molecule has 0 saturated heterocycles. The maximum absolute atomic E-state index is 9.81. The largest absolute Gasteiger partial charge is 0.208 e. The second-order valence-electron chi connectivity index (χ2n) is 12.7. The maximum atomic E-state index is 9.81. The van der Waals surface area contributed by atoms with Crippen LogP contribution < -0.4 is 0 Å². The molecule has 0 bridgehead atoms. The Labute approximate surface area is 302 Å². The van der Waals surface area contributed by atoms with Gasteiger partial charge in [-0.2, -0.15) is 5.26 Å². The molecule has 9 rings (SSSR count). The summed E-state index contributed by atoms with van der Waals surface area (Å²) in [5.41, 5.74) is 9.98. The minimum Gasteiger partial charge on any atom is -0.208 e. The van der Waals surface area contributed by atoms with Gasteiger partial charge in [-0.3, -0.25) is 0 Å². The lowest BCUT2D eigenvalue weighted by Crippen LogP contribution is -2.00. The van der Waals surface area contributed by atoms with Crippen LogP contribution in [-0.4, -0.2) is 15.0 Å². The molecule has 242 valence electrons. The quantitative estimate of drug-likeness (QED) is 0.178. The van der Waals surface area contributed by atoms with Crippen molar-refractivity contribution in [2.45, 2.75) is 0 Å². The zero-order valence-electron chi connectivity index (χ0n) is 28.1. The molecule has 0 radical (unpaired) electrons. The zero-order valence-corrected chi connectivity index (χ0v) is 28.1.